The van der Waals surface area contributed by atoms with Crippen molar-refractivity contribution in [1.29, 1.82) is 0 Å². The second-order valence-corrected chi connectivity index (χ2v) is 9.19. The van der Waals surface area contributed by atoms with Crippen molar-refractivity contribution in [3.05, 3.63) is 59.7 Å². The minimum Gasteiger partial charge on any atom is -0.339 e. The standard InChI is InChI=1S/C23H25N3O2S/c27-22(26-10-9-17-5-1-3-7-19(17)26)16-24-11-13-25(14-12-24)23(28)21-15-18-6-2-4-8-20(18)29-21/h1-8,21H,9-16H2. The zero-order valence-corrected chi connectivity index (χ0v) is 17.2. The van der Waals surface area contributed by atoms with Crippen LogP contribution in [0.3, 0.4) is 0 Å². The van der Waals surface area contributed by atoms with Crippen LogP contribution in [-0.4, -0.2) is 66.1 Å². The van der Waals surface area contributed by atoms with E-state index >= 15 is 0 Å². The zero-order valence-electron chi connectivity index (χ0n) is 16.4. The largest absolute Gasteiger partial charge is 0.339 e. The maximum absolute atomic E-state index is 13.0. The van der Waals surface area contributed by atoms with Crippen LogP contribution in [0.1, 0.15) is 11.1 Å². The zero-order chi connectivity index (χ0) is 19.8. The van der Waals surface area contributed by atoms with Crippen LogP contribution in [0.5, 0.6) is 0 Å². The van der Waals surface area contributed by atoms with Gasteiger partial charge in [0.15, 0.2) is 0 Å². The Bertz CT molecular complexity index is 914. The highest BCUT2D eigenvalue weighted by Crippen LogP contribution is 2.37. The number of rotatable bonds is 3. The molecule has 29 heavy (non-hydrogen) atoms. The summed E-state index contributed by atoms with van der Waals surface area (Å²) in [6.07, 6.45) is 1.76. The summed E-state index contributed by atoms with van der Waals surface area (Å²) in [7, 11) is 0. The highest BCUT2D eigenvalue weighted by molar-refractivity contribution is 8.01. The molecule has 3 aliphatic rings. The number of piperazine rings is 1. The quantitative estimate of drug-likeness (QED) is 0.784. The van der Waals surface area contributed by atoms with E-state index in [2.05, 4.69) is 23.1 Å². The molecule has 0 radical (unpaired) electrons. The molecule has 0 bridgehead atoms. The van der Waals surface area contributed by atoms with Crippen LogP contribution >= 0.6 is 11.8 Å². The van der Waals surface area contributed by atoms with Crippen LogP contribution < -0.4 is 4.90 Å². The molecule has 150 valence electrons. The van der Waals surface area contributed by atoms with Crippen LogP contribution in [0.15, 0.2) is 53.4 Å². The van der Waals surface area contributed by atoms with Crippen molar-refractivity contribution in [2.75, 3.05) is 44.2 Å². The van der Waals surface area contributed by atoms with Crippen molar-refractivity contribution < 1.29 is 9.59 Å². The van der Waals surface area contributed by atoms with E-state index in [1.54, 1.807) is 11.8 Å². The summed E-state index contributed by atoms with van der Waals surface area (Å²) in [5, 5.41) is 0.00156. The molecule has 2 aromatic carbocycles. The number of para-hydroxylation sites is 1. The number of fused-ring (bicyclic) bond motifs is 2. The second-order valence-electron chi connectivity index (χ2n) is 7.94. The van der Waals surface area contributed by atoms with E-state index in [1.165, 1.54) is 16.0 Å². The van der Waals surface area contributed by atoms with Gasteiger partial charge in [-0.2, -0.15) is 0 Å². The topological polar surface area (TPSA) is 43.9 Å². The van der Waals surface area contributed by atoms with Crippen LogP contribution in [-0.2, 0) is 22.4 Å². The molecule has 3 heterocycles. The van der Waals surface area contributed by atoms with Gasteiger partial charge in [0.05, 0.1) is 11.8 Å². The van der Waals surface area contributed by atoms with E-state index in [0.717, 1.165) is 38.2 Å². The monoisotopic (exact) mass is 407 g/mol. The maximum atomic E-state index is 13.0. The number of amides is 2. The molecule has 1 saturated heterocycles. The number of nitrogens with zero attached hydrogens (tertiary/aromatic N) is 3. The van der Waals surface area contributed by atoms with Crippen molar-refractivity contribution >= 4 is 29.3 Å². The van der Waals surface area contributed by atoms with E-state index in [4.69, 9.17) is 0 Å². The molecule has 0 spiro atoms. The molecule has 5 nitrogen and oxygen atoms in total. The van der Waals surface area contributed by atoms with Gasteiger partial charge in [0.2, 0.25) is 11.8 Å². The van der Waals surface area contributed by atoms with Crippen molar-refractivity contribution in [3.8, 4) is 0 Å². The minimum atomic E-state index is 0.00156. The maximum Gasteiger partial charge on any atom is 0.241 e. The molecule has 0 aromatic heterocycles. The average molecular weight is 408 g/mol. The number of benzene rings is 2. The van der Waals surface area contributed by atoms with Crippen LogP contribution in [0.25, 0.3) is 0 Å². The third kappa shape index (κ3) is 3.67. The van der Waals surface area contributed by atoms with Crippen molar-refractivity contribution in [2.24, 2.45) is 0 Å². The molecule has 0 saturated carbocycles. The van der Waals surface area contributed by atoms with Crippen LogP contribution in [0.4, 0.5) is 5.69 Å². The van der Waals surface area contributed by atoms with Gasteiger partial charge in [-0.1, -0.05) is 36.4 Å². The molecular weight excluding hydrogens is 382 g/mol. The fourth-order valence-electron chi connectivity index (χ4n) is 4.52. The highest BCUT2D eigenvalue weighted by Gasteiger charge is 2.33. The third-order valence-electron chi connectivity index (χ3n) is 6.15. The first kappa shape index (κ1) is 18.7. The summed E-state index contributed by atoms with van der Waals surface area (Å²) in [5.74, 6) is 0.405. The fourth-order valence-corrected chi connectivity index (χ4v) is 5.80. The Morgan fingerprint density at radius 3 is 2.41 bits per heavy atom. The number of thioether (sulfide) groups is 1. The number of hydrogen-bond donors (Lipinski definition) is 0. The van der Waals surface area contributed by atoms with Gasteiger partial charge in [-0.3, -0.25) is 14.5 Å². The van der Waals surface area contributed by atoms with E-state index in [9.17, 15) is 9.59 Å². The van der Waals surface area contributed by atoms with Gasteiger partial charge < -0.3 is 9.80 Å². The minimum absolute atomic E-state index is 0.00156. The average Bonchev–Trinajstić information content (AvgIpc) is 3.38. The lowest BCUT2D eigenvalue weighted by atomic mass is 10.1. The lowest BCUT2D eigenvalue weighted by Gasteiger charge is -2.36. The Balaban J connectivity index is 1.14. The summed E-state index contributed by atoms with van der Waals surface area (Å²) in [6.45, 7) is 4.14. The van der Waals surface area contributed by atoms with Crippen LogP contribution in [0.2, 0.25) is 0 Å². The number of anilines is 1. The molecule has 0 N–H and O–H groups in total. The Morgan fingerprint density at radius 2 is 1.62 bits per heavy atom. The van der Waals surface area contributed by atoms with Crippen molar-refractivity contribution in [3.63, 3.8) is 0 Å². The molecular formula is C23H25N3O2S. The van der Waals surface area contributed by atoms with Gasteiger partial charge in [0.25, 0.3) is 0 Å². The third-order valence-corrected chi connectivity index (χ3v) is 7.46. The second kappa shape index (κ2) is 7.84. The lowest BCUT2D eigenvalue weighted by Crippen LogP contribution is -2.53. The van der Waals surface area contributed by atoms with Gasteiger partial charge in [0, 0.05) is 43.3 Å². The Hall–Kier alpha value is -2.31. The predicted octanol–water partition coefficient (Wildman–Crippen LogP) is 2.44. The first-order valence-electron chi connectivity index (χ1n) is 10.3. The molecule has 2 aromatic rings. The first-order valence-corrected chi connectivity index (χ1v) is 11.2. The fraction of sp³-hybridized carbons (Fsp3) is 0.391. The molecule has 2 amide bonds. The van der Waals surface area contributed by atoms with Crippen molar-refractivity contribution in [1.82, 2.24) is 9.80 Å². The van der Waals surface area contributed by atoms with E-state index < -0.39 is 0 Å². The summed E-state index contributed by atoms with van der Waals surface area (Å²) in [4.78, 5) is 33.1. The normalized spacial score (nSPS) is 21.2. The predicted molar refractivity (Wildman–Crippen MR) is 115 cm³/mol. The molecule has 1 fully saturated rings. The Kier molecular flexibility index (Phi) is 5.06. The Morgan fingerprint density at radius 1 is 0.897 bits per heavy atom. The van der Waals surface area contributed by atoms with E-state index in [-0.39, 0.29) is 17.1 Å². The number of hydrogen-bond acceptors (Lipinski definition) is 4. The van der Waals surface area contributed by atoms with E-state index in [1.807, 2.05) is 40.1 Å². The molecule has 3 aliphatic heterocycles. The van der Waals surface area contributed by atoms with Gasteiger partial charge in [0.1, 0.15) is 0 Å². The van der Waals surface area contributed by atoms with Crippen molar-refractivity contribution in [2.45, 2.75) is 23.0 Å². The summed E-state index contributed by atoms with van der Waals surface area (Å²) < 4.78 is 0. The molecule has 5 rings (SSSR count). The first-order chi connectivity index (χ1) is 14.2. The molecule has 1 atom stereocenters. The van der Waals surface area contributed by atoms with Gasteiger partial charge in [-0.15, -0.1) is 11.8 Å². The van der Waals surface area contributed by atoms with Gasteiger partial charge in [-0.25, -0.2) is 0 Å². The molecule has 1 unspecified atom stereocenters. The molecule has 6 heteroatoms. The lowest BCUT2D eigenvalue weighted by molar-refractivity contribution is -0.132. The Labute approximate surface area is 175 Å². The molecule has 0 aliphatic carbocycles. The van der Waals surface area contributed by atoms with Gasteiger partial charge in [-0.05, 0) is 36.1 Å². The number of carbonyl (C=O) groups is 2. The SMILES string of the molecule is O=C(C1Cc2ccccc2S1)N1CCN(CC(=O)N2CCc3ccccc32)CC1. The van der Waals surface area contributed by atoms with Gasteiger partial charge >= 0.3 is 0 Å². The smallest absolute Gasteiger partial charge is 0.241 e. The summed E-state index contributed by atoms with van der Waals surface area (Å²) in [6, 6.07) is 16.5. The highest BCUT2D eigenvalue weighted by atomic mass is 32.2. The summed E-state index contributed by atoms with van der Waals surface area (Å²) >= 11 is 1.69. The van der Waals surface area contributed by atoms with E-state index in [0.29, 0.717) is 19.6 Å². The summed E-state index contributed by atoms with van der Waals surface area (Å²) in [5.41, 5.74) is 3.60. The van der Waals surface area contributed by atoms with Crippen LogP contribution in [0, 0.1) is 0 Å². The number of carbonyl (C=O) groups excluding carboxylic acids is 2.